The molecule has 0 saturated carbocycles. The van der Waals surface area contributed by atoms with Crippen LogP contribution < -0.4 is 10.1 Å². The average molecular weight is 539 g/mol. The number of carbonyl (C=O) groups is 3. The number of benzene rings is 3. The fourth-order valence-electron chi connectivity index (χ4n) is 3.33. The summed E-state index contributed by atoms with van der Waals surface area (Å²) in [5.41, 5.74) is -2.22. The third-order valence-electron chi connectivity index (χ3n) is 5.24. The fourth-order valence-corrected chi connectivity index (χ4v) is 3.33. The third-order valence-corrected chi connectivity index (χ3v) is 5.24. The number of hydrogen-bond acceptors (Lipinski definition) is 5. The van der Waals surface area contributed by atoms with Gasteiger partial charge in [-0.2, -0.15) is 26.3 Å². The normalized spacial score (nSPS) is 12.4. The van der Waals surface area contributed by atoms with E-state index in [1.54, 1.807) is 0 Å². The van der Waals surface area contributed by atoms with Gasteiger partial charge in [0.15, 0.2) is 0 Å². The Balaban J connectivity index is 1.69. The molecule has 0 heterocycles. The number of esters is 2. The summed E-state index contributed by atoms with van der Waals surface area (Å²) < 4.78 is 87.3. The minimum absolute atomic E-state index is 0.00113. The molecule has 0 aromatic heterocycles. The van der Waals surface area contributed by atoms with Gasteiger partial charge in [-0.15, -0.1) is 0 Å². The molecule has 0 aliphatic heterocycles. The molecular formula is C26H19F6NO5. The van der Waals surface area contributed by atoms with Gasteiger partial charge >= 0.3 is 24.3 Å². The van der Waals surface area contributed by atoms with Gasteiger partial charge in [-0.05, 0) is 54.1 Å². The second kappa shape index (κ2) is 11.4. The van der Waals surface area contributed by atoms with E-state index in [-0.39, 0.29) is 23.3 Å². The smallest absolute Gasteiger partial charge is 0.416 e. The largest absolute Gasteiger partial charge is 0.467 e. The highest BCUT2D eigenvalue weighted by atomic mass is 19.4. The number of halogens is 6. The number of ether oxygens (including phenoxy) is 2. The quantitative estimate of drug-likeness (QED) is 0.245. The summed E-state index contributed by atoms with van der Waals surface area (Å²) in [6.07, 6.45) is -9.42. The van der Waals surface area contributed by atoms with Crippen molar-refractivity contribution in [1.82, 2.24) is 5.32 Å². The van der Waals surface area contributed by atoms with Crippen LogP contribution in [0.1, 0.15) is 37.4 Å². The molecule has 1 atom stereocenters. The summed E-state index contributed by atoms with van der Waals surface area (Å²) >= 11 is 0. The molecule has 0 aliphatic rings. The van der Waals surface area contributed by atoms with Crippen molar-refractivity contribution in [2.75, 3.05) is 7.11 Å². The SMILES string of the molecule is COC(=O)[C@H](Cc1ccc(OC(=O)c2cccc(C(F)(F)F)c2)cc1)NC(=O)c1cccc(C(F)(F)F)c1. The molecule has 12 heteroatoms. The molecule has 38 heavy (non-hydrogen) atoms. The van der Waals surface area contributed by atoms with E-state index in [4.69, 9.17) is 4.74 Å². The van der Waals surface area contributed by atoms with Crippen molar-refractivity contribution in [3.63, 3.8) is 0 Å². The topological polar surface area (TPSA) is 81.7 Å². The fraction of sp³-hybridized carbons (Fsp3) is 0.192. The Bertz CT molecular complexity index is 1320. The molecule has 0 unspecified atom stereocenters. The van der Waals surface area contributed by atoms with Gasteiger partial charge in [0.1, 0.15) is 11.8 Å². The molecule has 0 spiro atoms. The first kappa shape index (κ1) is 28.2. The molecule has 0 saturated heterocycles. The van der Waals surface area contributed by atoms with Crippen LogP contribution >= 0.6 is 0 Å². The predicted molar refractivity (Wildman–Crippen MR) is 121 cm³/mol. The number of methoxy groups -OCH3 is 1. The van der Waals surface area contributed by atoms with Crippen LogP contribution in [0.3, 0.4) is 0 Å². The van der Waals surface area contributed by atoms with E-state index < -0.39 is 47.4 Å². The zero-order valence-electron chi connectivity index (χ0n) is 19.5. The summed E-state index contributed by atoms with van der Waals surface area (Å²) in [5, 5.41) is 2.34. The molecule has 0 fully saturated rings. The molecule has 0 bridgehead atoms. The predicted octanol–water partition coefficient (Wildman–Crippen LogP) is 5.46. The van der Waals surface area contributed by atoms with Crippen molar-refractivity contribution in [3.05, 3.63) is 101 Å². The van der Waals surface area contributed by atoms with E-state index in [9.17, 15) is 40.7 Å². The van der Waals surface area contributed by atoms with Crippen LogP contribution in [0, 0.1) is 0 Å². The van der Waals surface area contributed by atoms with Crippen molar-refractivity contribution in [1.29, 1.82) is 0 Å². The number of carbonyl (C=O) groups excluding carboxylic acids is 3. The molecule has 3 aromatic carbocycles. The monoisotopic (exact) mass is 539 g/mol. The number of hydrogen-bond donors (Lipinski definition) is 1. The first-order valence-electron chi connectivity index (χ1n) is 10.8. The van der Waals surface area contributed by atoms with Crippen LogP contribution in [0.4, 0.5) is 26.3 Å². The summed E-state index contributed by atoms with van der Waals surface area (Å²) in [7, 11) is 1.07. The Morgan fingerprint density at radius 1 is 0.789 bits per heavy atom. The number of rotatable bonds is 7. The number of nitrogens with one attached hydrogen (secondary N) is 1. The molecular weight excluding hydrogens is 520 g/mol. The molecule has 1 amide bonds. The Hall–Kier alpha value is -4.35. The molecule has 0 radical (unpaired) electrons. The van der Waals surface area contributed by atoms with Gasteiger partial charge in [-0.1, -0.05) is 24.3 Å². The summed E-state index contributed by atoms with van der Waals surface area (Å²) in [6.45, 7) is 0. The Kier molecular flexibility index (Phi) is 8.44. The lowest BCUT2D eigenvalue weighted by atomic mass is 10.0. The lowest BCUT2D eigenvalue weighted by molar-refractivity contribution is -0.143. The standard InChI is InChI=1S/C26H19F6NO5/c1-37-24(36)21(33-22(34)16-4-2-6-18(13-16)25(27,28)29)12-15-8-10-20(11-9-15)38-23(35)17-5-3-7-19(14-17)26(30,31)32/h2-11,13-14,21H,12H2,1H3,(H,33,34)/t21-/m0/s1. The first-order chi connectivity index (χ1) is 17.8. The van der Waals surface area contributed by atoms with Crippen molar-refractivity contribution < 1.29 is 50.2 Å². The Labute approximate surface area is 212 Å². The Morgan fingerprint density at radius 3 is 1.84 bits per heavy atom. The van der Waals surface area contributed by atoms with E-state index in [1.807, 2.05) is 0 Å². The minimum Gasteiger partial charge on any atom is -0.467 e. The number of alkyl halides is 6. The van der Waals surface area contributed by atoms with E-state index in [2.05, 4.69) is 10.1 Å². The first-order valence-corrected chi connectivity index (χ1v) is 10.8. The van der Waals surface area contributed by atoms with Crippen LogP contribution in [0.2, 0.25) is 0 Å². The van der Waals surface area contributed by atoms with Crippen LogP contribution in [0.15, 0.2) is 72.8 Å². The van der Waals surface area contributed by atoms with Gasteiger partial charge in [0, 0.05) is 12.0 Å². The van der Waals surface area contributed by atoms with E-state index >= 15 is 0 Å². The molecule has 1 N–H and O–H groups in total. The zero-order valence-corrected chi connectivity index (χ0v) is 19.5. The maximum Gasteiger partial charge on any atom is 0.416 e. The van der Waals surface area contributed by atoms with Crippen LogP contribution in [0.5, 0.6) is 5.75 Å². The van der Waals surface area contributed by atoms with E-state index in [0.29, 0.717) is 17.7 Å². The minimum atomic E-state index is -4.66. The number of amides is 1. The average Bonchev–Trinajstić information content (AvgIpc) is 2.88. The zero-order chi connectivity index (χ0) is 28.1. The second-order valence-corrected chi connectivity index (χ2v) is 7.94. The van der Waals surface area contributed by atoms with Crippen molar-refractivity contribution in [2.45, 2.75) is 24.8 Å². The molecule has 0 aliphatic carbocycles. The van der Waals surface area contributed by atoms with Gasteiger partial charge in [0.05, 0.1) is 23.8 Å². The highest BCUT2D eigenvalue weighted by Gasteiger charge is 2.32. The van der Waals surface area contributed by atoms with Crippen molar-refractivity contribution in [2.24, 2.45) is 0 Å². The van der Waals surface area contributed by atoms with Gasteiger partial charge in [-0.3, -0.25) is 4.79 Å². The summed E-state index contributed by atoms with van der Waals surface area (Å²) in [4.78, 5) is 37.0. The summed E-state index contributed by atoms with van der Waals surface area (Å²) in [5.74, 6) is -2.81. The maximum absolute atomic E-state index is 13.0. The van der Waals surface area contributed by atoms with Crippen molar-refractivity contribution >= 4 is 17.8 Å². The lowest BCUT2D eigenvalue weighted by Crippen LogP contribution is -2.43. The van der Waals surface area contributed by atoms with Crippen LogP contribution in [-0.4, -0.2) is 31.0 Å². The van der Waals surface area contributed by atoms with Gasteiger partial charge in [0.2, 0.25) is 0 Å². The van der Waals surface area contributed by atoms with Gasteiger partial charge in [0.25, 0.3) is 5.91 Å². The highest BCUT2D eigenvalue weighted by molar-refractivity contribution is 5.97. The van der Waals surface area contributed by atoms with Crippen molar-refractivity contribution in [3.8, 4) is 5.75 Å². The summed E-state index contributed by atoms with van der Waals surface area (Å²) in [6, 6.07) is 11.6. The third kappa shape index (κ3) is 7.34. The van der Waals surface area contributed by atoms with Crippen LogP contribution in [0.25, 0.3) is 0 Å². The lowest BCUT2D eigenvalue weighted by Gasteiger charge is -2.17. The molecule has 3 rings (SSSR count). The molecule has 3 aromatic rings. The Morgan fingerprint density at radius 2 is 1.32 bits per heavy atom. The molecule has 200 valence electrons. The van der Waals surface area contributed by atoms with E-state index in [0.717, 1.165) is 37.4 Å². The van der Waals surface area contributed by atoms with Crippen LogP contribution in [-0.2, 0) is 28.3 Å². The molecule has 6 nitrogen and oxygen atoms in total. The second-order valence-electron chi connectivity index (χ2n) is 7.94. The maximum atomic E-state index is 13.0. The van der Waals surface area contributed by atoms with Gasteiger partial charge in [-0.25, -0.2) is 9.59 Å². The van der Waals surface area contributed by atoms with E-state index in [1.165, 1.54) is 30.3 Å². The highest BCUT2D eigenvalue weighted by Crippen LogP contribution is 2.30. The van der Waals surface area contributed by atoms with Gasteiger partial charge < -0.3 is 14.8 Å².